The van der Waals surface area contributed by atoms with Gasteiger partial charge >= 0.3 is 0 Å². The van der Waals surface area contributed by atoms with Crippen molar-refractivity contribution in [2.75, 3.05) is 14.2 Å². The molecule has 0 aliphatic heterocycles. The summed E-state index contributed by atoms with van der Waals surface area (Å²) in [5.41, 5.74) is 2.92. The molecule has 94 valence electrons. The molecule has 0 atom stereocenters. The zero-order valence-corrected chi connectivity index (χ0v) is 10.4. The van der Waals surface area contributed by atoms with Crippen LogP contribution in [-0.4, -0.2) is 35.9 Å². The molecule has 5 heteroatoms. The number of nitrogens with zero attached hydrogens (tertiary/aromatic N) is 3. The number of aromatic nitrogens is 3. The normalized spacial score (nSPS) is 10.8. The summed E-state index contributed by atoms with van der Waals surface area (Å²) in [6.07, 6.45) is 2.03. The molecule has 0 amide bonds. The van der Waals surface area contributed by atoms with E-state index >= 15 is 0 Å². The van der Waals surface area contributed by atoms with Gasteiger partial charge in [0, 0.05) is 26.2 Å². The third-order valence-corrected chi connectivity index (χ3v) is 2.71. The van der Waals surface area contributed by atoms with Crippen molar-refractivity contribution in [3.8, 4) is 11.3 Å². The summed E-state index contributed by atoms with van der Waals surface area (Å²) >= 11 is 0. The molecule has 0 aliphatic rings. The van der Waals surface area contributed by atoms with E-state index in [0.29, 0.717) is 6.42 Å². The molecule has 0 fully saturated rings. The first kappa shape index (κ1) is 12.6. The fourth-order valence-electron chi connectivity index (χ4n) is 1.78. The molecule has 0 radical (unpaired) electrons. The number of rotatable bonds is 5. The van der Waals surface area contributed by atoms with Gasteiger partial charge in [-0.15, -0.1) is 10.2 Å². The number of methoxy groups -OCH3 is 2. The Kier molecular flexibility index (Phi) is 4.33. The van der Waals surface area contributed by atoms with Crippen molar-refractivity contribution in [2.45, 2.75) is 12.7 Å². The van der Waals surface area contributed by atoms with Gasteiger partial charge in [0.25, 0.3) is 0 Å². The van der Waals surface area contributed by atoms with Gasteiger partial charge in [-0.3, -0.25) is 0 Å². The third kappa shape index (κ3) is 2.88. The lowest BCUT2D eigenvalue weighted by Crippen LogP contribution is -2.16. The molecule has 18 heavy (non-hydrogen) atoms. The van der Waals surface area contributed by atoms with E-state index in [2.05, 4.69) is 15.4 Å². The summed E-state index contributed by atoms with van der Waals surface area (Å²) in [5.74, 6) is 0. The predicted molar refractivity (Wildman–Crippen MR) is 66.8 cm³/mol. The highest BCUT2D eigenvalue weighted by atomic mass is 16.7. The van der Waals surface area contributed by atoms with Gasteiger partial charge in [0.2, 0.25) is 0 Å². The minimum Gasteiger partial charge on any atom is -0.356 e. The van der Waals surface area contributed by atoms with Crippen molar-refractivity contribution in [3.63, 3.8) is 0 Å². The summed E-state index contributed by atoms with van der Waals surface area (Å²) in [6, 6.07) is 9.82. The van der Waals surface area contributed by atoms with Crippen LogP contribution in [0.1, 0.15) is 5.56 Å². The van der Waals surface area contributed by atoms with Crippen LogP contribution in [0.15, 0.2) is 36.5 Å². The van der Waals surface area contributed by atoms with E-state index in [1.54, 1.807) is 20.4 Å². The van der Waals surface area contributed by atoms with Gasteiger partial charge in [-0.2, -0.15) is 0 Å². The highest BCUT2D eigenvalue weighted by molar-refractivity contribution is 5.62. The smallest absolute Gasteiger partial charge is 0.160 e. The molecular weight excluding hydrogens is 230 g/mol. The van der Waals surface area contributed by atoms with Crippen LogP contribution >= 0.6 is 0 Å². The maximum Gasteiger partial charge on any atom is 0.160 e. The van der Waals surface area contributed by atoms with E-state index in [-0.39, 0.29) is 6.29 Å². The average molecular weight is 245 g/mol. The van der Waals surface area contributed by atoms with E-state index in [9.17, 15) is 0 Å². The molecule has 0 spiro atoms. The molecule has 1 heterocycles. The fourth-order valence-corrected chi connectivity index (χ4v) is 1.78. The molecule has 0 N–H and O–H groups in total. The first-order valence-corrected chi connectivity index (χ1v) is 5.63. The van der Waals surface area contributed by atoms with Crippen molar-refractivity contribution < 1.29 is 9.47 Å². The number of hydrogen-bond acceptors (Lipinski definition) is 5. The van der Waals surface area contributed by atoms with Gasteiger partial charge in [-0.25, -0.2) is 0 Å². The maximum atomic E-state index is 5.22. The molecule has 2 aromatic rings. The van der Waals surface area contributed by atoms with Crippen LogP contribution in [0, 0.1) is 0 Å². The Balaban J connectivity index is 2.31. The third-order valence-electron chi connectivity index (χ3n) is 2.71. The van der Waals surface area contributed by atoms with E-state index in [0.717, 1.165) is 16.8 Å². The molecule has 0 bridgehead atoms. The Hall–Kier alpha value is -1.85. The van der Waals surface area contributed by atoms with Gasteiger partial charge in [-0.05, 0) is 16.8 Å². The molecular formula is C13H15N3O2. The van der Waals surface area contributed by atoms with Crippen molar-refractivity contribution >= 4 is 0 Å². The van der Waals surface area contributed by atoms with Crippen molar-refractivity contribution in [3.05, 3.63) is 42.1 Å². The summed E-state index contributed by atoms with van der Waals surface area (Å²) in [7, 11) is 3.26. The SMILES string of the molecule is COC(Cc1ccccc1-c1ccnnn1)OC. The zero-order chi connectivity index (χ0) is 12.8. The second-order valence-electron chi connectivity index (χ2n) is 3.77. The minimum atomic E-state index is -0.263. The summed E-state index contributed by atoms with van der Waals surface area (Å²) < 4.78 is 10.4. The van der Waals surface area contributed by atoms with E-state index in [1.165, 1.54) is 0 Å². The molecule has 0 aliphatic carbocycles. The van der Waals surface area contributed by atoms with Crippen LogP contribution in [0.3, 0.4) is 0 Å². The lowest BCUT2D eigenvalue weighted by molar-refractivity contribution is -0.100. The van der Waals surface area contributed by atoms with Crippen LogP contribution in [-0.2, 0) is 15.9 Å². The van der Waals surface area contributed by atoms with Gasteiger partial charge < -0.3 is 9.47 Å². The van der Waals surface area contributed by atoms with Gasteiger partial charge in [0.05, 0.1) is 11.9 Å². The van der Waals surface area contributed by atoms with E-state index in [1.807, 2.05) is 30.3 Å². The zero-order valence-electron chi connectivity index (χ0n) is 10.4. The van der Waals surface area contributed by atoms with Crippen LogP contribution in [0.25, 0.3) is 11.3 Å². The maximum absolute atomic E-state index is 5.22. The summed E-state index contributed by atoms with van der Waals surface area (Å²) in [4.78, 5) is 0. The number of ether oxygens (including phenoxy) is 2. The highest BCUT2D eigenvalue weighted by Crippen LogP contribution is 2.22. The van der Waals surface area contributed by atoms with Gasteiger partial charge in [-0.1, -0.05) is 24.3 Å². The average Bonchev–Trinajstić information content (AvgIpc) is 2.46. The quantitative estimate of drug-likeness (QED) is 0.750. The first-order chi connectivity index (χ1) is 8.85. The predicted octanol–water partition coefficient (Wildman–Crippen LogP) is 1.70. The van der Waals surface area contributed by atoms with Crippen molar-refractivity contribution in [1.29, 1.82) is 0 Å². The molecule has 2 rings (SSSR count). The van der Waals surface area contributed by atoms with Crippen molar-refractivity contribution in [2.24, 2.45) is 0 Å². The Morgan fingerprint density at radius 1 is 1.11 bits per heavy atom. The number of hydrogen-bond donors (Lipinski definition) is 0. The Labute approximate surface area is 106 Å². The molecule has 1 aromatic heterocycles. The second-order valence-corrected chi connectivity index (χ2v) is 3.77. The summed E-state index contributed by atoms with van der Waals surface area (Å²) in [6.45, 7) is 0. The van der Waals surface area contributed by atoms with Crippen LogP contribution in [0.2, 0.25) is 0 Å². The Bertz CT molecular complexity index is 487. The molecule has 0 saturated carbocycles. The monoisotopic (exact) mass is 245 g/mol. The lowest BCUT2D eigenvalue weighted by atomic mass is 10.0. The number of benzene rings is 1. The first-order valence-electron chi connectivity index (χ1n) is 5.63. The highest BCUT2D eigenvalue weighted by Gasteiger charge is 2.12. The van der Waals surface area contributed by atoms with Crippen molar-refractivity contribution in [1.82, 2.24) is 15.4 Å². The minimum absolute atomic E-state index is 0.263. The van der Waals surface area contributed by atoms with E-state index in [4.69, 9.17) is 9.47 Å². The van der Waals surface area contributed by atoms with Crippen LogP contribution in [0.5, 0.6) is 0 Å². The largest absolute Gasteiger partial charge is 0.356 e. The Morgan fingerprint density at radius 3 is 2.56 bits per heavy atom. The topological polar surface area (TPSA) is 57.1 Å². The molecule has 1 aromatic carbocycles. The van der Waals surface area contributed by atoms with Gasteiger partial charge in [0.1, 0.15) is 0 Å². The van der Waals surface area contributed by atoms with Crippen LogP contribution < -0.4 is 0 Å². The van der Waals surface area contributed by atoms with E-state index < -0.39 is 0 Å². The fraction of sp³-hybridized carbons (Fsp3) is 0.308. The molecule has 0 unspecified atom stereocenters. The summed E-state index contributed by atoms with van der Waals surface area (Å²) in [5, 5.41) is 11.4. The second kappa shape index (κ2) is 6.18. The van der Waals surface area contributed by atoms with Crippen LogP contribution in [0.4, 0.5) is 0 Å². The standard InChI is InChI=1S/C13H15N3O2/c1-17-13(18-2)9-10-5-3-4-6-11(10)12-7-8-14-16-15-12/h3-8,13H,9H2,1-2H3. The molecule has 5 nitrogen and oxygen atoms in total. The Morgan fingerprint density at radius 2 is 1.89 bits per heavy atom. The lowest BCUT2D eigenvalue weighted by Gasteiger charge is -2.15. The van der Waals surface area contributed by atoms with Gasteiger partial charge in [0.15, 0.2) is 6.29 Å². The molecule has 0 saturated heterocycles.